The van der Waals surface area contributed by atoms with Crippen LogP contribution in [0.2, 0.25) is 10.0 Å². The van der Waals surface area contributed by atoms with Crippen LogP contribution in [0.25, 0.3) is 10.9 Å². The Kier molecular flexibility index (Phi) is 6.52. The van der Waals surface area contributed by atoms with Gasteiger partial charge in [0.15, 0.2) is 0 Å². The van der Waals surface area contributed by atoms with Gasteiger partial charge in [0, 0.05) is 23.2 Å². The molecule has 2 N–H and O–H groups in total. The number of aromatic nitrogens is 1. The zero-order valence-corrected chi connectivity index (χ0v) is 17.5. The Morgan fingerprint density at radius 2 is 1.79 bits per heavy atom. The first-order chi connectivity index (χ1) is 13.6. The first-order valence-electron chi connectivity index (χ1n) is 8.14. The second-order valence-electron chi connectivity index (χ2n) is 6.01. The molecule has 0 atom stereocenters. The van der Waals surface area contributed by atoms with E-state index in [-0.39, 0.29) is 5.02 Å². The van der Waals surface area contributed by atoms with E-state index in [0.717, 1.165) is 17.1 Å². The van der Waals surface area contributed by atoms with Crippen molar-refractivity contribution >= 4 is 63.4 Å². The van der Waals surface area contributed by atoms with Crippen LogP contribution >= 0.6 is 35.3 Å². The van der Waals surface area contributed by atoms with Crippen molar-refractivity contribution < 1.29 is 17.9 Å². The average Bonchev–Trinajstić information content (AvgIpc) is 2.63. The molecule has 0 bridgehead atoms. The van der Waals surface area contributed by atoms with Gasteiger partial charge in [-0.05, 0) is 56.6 Å². The molecule has 0 fully saturated rings. The van der Waals surface area contributed by atoms with Crippen LogP contribution in [0.15, 0.2) is 42.5 Å². The van der Waals surface area contributed by atoms with Crippen LogP contribution in [0.4, 0.5) is 30.4 Å². The van der Waals surface area contributed by atoms with Gasteiger partial charge in [0.25, 0.3) is 0 Å². The molecule has 0 radical (unpaired) electrons. The highest BCUT2D eigenvalue weighted by molar-refractivity contribution is 7.98. The van der Waals surface area contributed by atoms with Gasteiger partial charge in [-0.25, -0.2) is 9.29 Å². The molecule has 3 aromatic rings. The van der Waals surface area contributed by atoms with Crippen molar-refractivity contribution in [3.63, 3.8) is 0 Å². The Bertz CT molecular complexity index is 1030. The van der Waals surface area contributed by atoms with E-state index in [9.17, 15) is 13.2 Å². The SMILES string of the molecule is CN(C)SNc1ccc(Cl)c2nc(Nc3ccc(OC(F)(F)F)c(Cl)c3)ccc12. The largest absolute Gasteiger partial charge is 0.573 e. The fraction of sp³-hybridized carbons (Fsp3) is 0.167. The van der Waals surface area contributed by atoms with Crippen molar-refractivity contribution in [1.29, 1.82) is 0 Å². The molecule has 5 nitrogen and oxygen atoms in total. The molecule has 0 spiro atoms. The number of ether oxygens (including phenoxy) is 1. The quantitative estimate of drug-likeness (QED) is 0.396. The number of nitrogens with zero attached hydrogens (tertiary/aromatic N) is 2. The first-order valence-corrected chi connectivity index (χ1v) is 9.67. The highest BCUT2D eigenvalue weighted by Gasteiger charge is 2.32. The number of pyridine rings is 1. The highest BCUT2D eigenvalue weighted by Crippen LogP contribution is 2.34. The lowest BCUT2D eigenvalue weighted by molar-refractivity contribution is -0.274. The molecule has 0 unspecified atom stereocenters. The van der Waals surface area contributed by atoms with E-state index in [1.807, 2.05) is 30.5 Å². The summed E-state index contributed by atoms with van der Waals surface area (Å²) in [6.45, 7) is 0. The lowest BCUT2D eigenvalue weighted by atomic mass is 10.2. The molecule has 29 heavy (non-hydrogen) atoms. The normalized spacial score (nSPS) is 11.7. The van der Waals surface area contributed by atoms with E-state index in [1.54, 1.807) is 12.1 Å². The summed E-state index contributed by atoms with van der Waals surface area (Å²) in [7, 11) is 3.82. The van der Waals surface area contributed by atoms with Gasteiger partial charge >= 0.3 is 6.36 Å². The third kappa shape index (κ3) is 5.72. The van der Waals surface area contributed by atoms with Crippen LogP contribution in [0.3, 0.4) is 0 Å². The number of rotatable bonds is 6. The van der Waals surface area contributed by atoms with Gasteiger partial charge < -0.3 is 14.8 Å². The fourth-order valence-electron chi connectivity index (χ4n) is 2.42. The summed E-state index contributed by atoms with van der Waals surface area (Å²) in [5.74, 6) is -0.0225. The fourth-order valence-corrected chi connectivity index (χ4v) is 3.30. The molecule has 0 aliphatic rings. The molecule has 1 heterocycles. The van der Waals surface area contributed by atoms with Crippen LogP contribution in [0.5, 0.6) is 5.75 Å². The van der Waals surface area contributed by atoms with Gasteiger partial charge in [-0.3, -0.25) is 0 Å². The van der Waals surface area contributed by atoms with E-state index >= 15 is 0 Å². The van der Waals surface area contributed by atoms with Gasteiger partial charge in [-0.2, -0.15) is 0 Å². The van der Waals surface area contributed by atoms with Crippen molar-refractivity contribution in [2.75, 3.05) is 24.1 Å². The minimum atomic E-state index is -4.81. The standard InChI is InChI=1S/C18H15Cl2F3N4OS/c1-27(2)29-26-14-6-5-12(19)17-11(14)4-8-16(25-17)24-10-3-7-15(13(20)9-10)28-18(21,22)23/h3-9,26H,1-2H3,(H,24,25). The number of nitrogens with one attached hydrogen (secondary N) is 2. The molecule has 1 aromatic heterocycles. The van der Waals surface area contributed by atoms with Crippen molar-refractivity contribution in [3.8, 4) is 5.75 Å². The van der Waals surface area contributed by atoms with E-state index in [1.165, 1.54) is 24.3 Å². The molecule has 3 rings (SSSR count). The van der Waals surface area contributed by atoms with Crippen LogP contribution in [-0.2, 0) is 0 Å². The topological polar surface area (TPSA) is 49.4 Å². The Morgan fingerprint density at radius 1 is 1.03 bits per heavy atom. The van der Waals surface area contributed by atoms with Crippen LogP contribution in [-0.4, -0.2) is 29.7 Å². The van der Waals surface area contributed by atoms with Crippen molar-refractivity contribution in [2.45, 2.75) is 6.36 Å². The highest BCUT2D eigenvalue weighted by atomic mass is 35.5. The summed E-state index contributed by atoms with van der Waals surface area (Å²) in [5, 5.41) is 4.11. The van der Waals surface area contributed by atoms with Gasteiger partial charge in [-0.15, -0.1) is 13.2 Å². The predicted molar refractivity (Wildman–Crippen MR) is 113 cm³/mol. The number of fused-ring (bicyclic) bond motifs is 1. The molecule has 0 saturated carbocycles. The molecule has 0 amide bonds. The summed E-state index contributed by atoms with van der Waals surface area (Å²) in [6.07, 6.45) is -4.81. The third-order valence-corrected chi connectivity index (χ3v) is 4.85. The monoisotopic (exact) mass is 462 g/mol. The molecular weight excluding hydrogens is 448 g/mol. The number of hydrogen-bond acceptors (Lipinski definition) is 6. The zero-order valence-electron chi connectivity index (χ0n) is 15.1. The molecule has 2 aromatic carbocycles. The average molecular weight is 463 g/mol. The molecule has 0 saturated heterocycles. The number of halogens is 5. The Morgan fingerprint density at radius 3 is 2.45 bits per heavy atom. The maximum absolute atomic E-state index is 12.4. The number of alkyl halides is 3. The van der Waals surface area contributed by atoms with E-state index < -0.39 is 12.1 Å². The van der Waals surface area contributed by atoms with Crippen molar-refractivity contribution in [2.24, 2.45) is 0 Å². The van der Waals surface area contributed by atoms with Gasteiger partial charge in [-0.1, -0.05) is 23.2 Å². The van der Waals surface area contributed by atoms with Crippen LogP contribution in [0.1, 0.15) is 0 Å². The summed E-state index contributed by atoms with van der Waals surface area (Å²) in [4.78, 5) is 4.51. The van der Waals surface area contributed by atoms with Crippen molar-refractivity contribution in [1.82, 2.24) is 9.29 Å². The third-order valence-electron chi connectivity index (χ3n) is 3.58. The van der Waals surface area contributed by atoms with Crippen LogP contribution < -0.4 is 14.8 Å². The van der Waals surface area contributed by atoms with Crippen molar-refractivity contribution in [3.05, 3.63) is 52.5 Å². The smallest absolute Gasteiger partial charge is 0.404 e. The molecule has 11 heteroatoms. The van der Waals surface area contributed by atoms with Gasteiger partial charge in [0.05, 0.1) is 21.2 Å². The molecule has 0 aliphatic carbocycles. The minimum Gasteiger partial charge on any atom is -0.404 e. The van der Waals surface area contributed by atoms with E-state index in [2.05, 4.69) is 19.8 Å². The Balaban J connectivity index is 1.85. The molecule has 0 aliphatic heterocycles. The van der Waals surface area contributed by atoms with E-state index in [4.69, 9.17) is 23.2 Å². The summed E-state index contributed by atoms with van der Waals surface area (Å²) in [6, 6.07) is 11.0. The van der Waals surface area contributed by atoms with E-state index in [0.29, 0.717) is 22.0 Å². The molecular formula is C18H15Cl2F3N4OS. The Hall–Kier alpha value is -2.07. The minimum absolute atomic E-state index is 0.182. The maximum atomic E-state index is 12.4. The second-order valence-corrected chi connectivity index (χ2v) is 7.94. The summed E-state index contributed by atoms with van der Waals surface area (Å²) < 4.78 is 46.1. The predicted octanol–water partition coefficient (Wildman–Crippen LogP) is 6.72. The lowest BCUT2D eigenvalue weighted by Gasteiger charge is -2.14. The number of anilines is 3. The number of hydrogen-bond donors (Lipinski definition) is 2. The molecule has 154 valence electrons. The van der Waals surface area contributed by atoms with Gasteiger partial charge in [0.1, 0.15) is 11.6 Å². The summed E-state index contributed by atoms with van der Waals surface area (Å²) in [5.41, 5.74) is 1.87. The van der Waals surface area contributed by atoms with Crippen LogP contribution in [0, 0.1) is 0 Å². The zero-order chi connectivity index (χ0) is 21.2. The Labute approximate surface area is 179 Å². The second kappa shape index (κ2) is 8.74. The number of benzene rings is 2. The summed E-state index contributed by atoms with van der Waals surface area (Å²) >= 11 is 13.6. The maximum Gasteiger partial charge on any atom is 0.573 e. The van der Waals surface area contributed by atoms with Gasteiger partial charge in [0.2, 0.25) is 0 Å². The lowest BCUT2D eigenvalue weighted by Crippen LogP contribution is -2.17. The first kappa shape index (κ1) is 21.6.